The van der Waals surface area contributed by atoms with Gasteiger partial charge in [-0.05, 0) is 12.1 Å². The Morgan fingerprint density at radius 1 is 1.29 bits per heavy atom. The zero-order valence-electron chi connectivity index (χ0n) is 7.23. The molecule has 0 aliphatic heterocycles. The number of aromatic amines is 2. The predicted molar refractivity (Wildman–Crippen MR) is 51.5 cm³/mol. The lowest BCUT2D eigenvalue weighted by atomic mass is 10.2. The van der Waals surface area contributed by atoms with Crippen molar-refractivity contribution >= 4 is 11.0 Å². The zero-order chi connectivity index (χ0) is 9.38. The molecule has 0 unspecified atom stereocenters. The van der Waals surface area contributed by atoms with E-state index in [1.807, 2.05) is 18.3 Å². The van der Waals surface area contributed by atoms with E-state index in [2.05, 4.69) is 25.4 Å². The summed E-state index contributed by atoms with van der Waals surface area (Å²) in [6, 6.07) is 3.87. The maximum absolute atomic E-state index is 4.14. The van der Waals surface area contributed by atoms with Crippen molar-refractivity contribution in [1.82, 2.24) is 25.4 Å². The molecule has 0 saturated carbocycles. The van der Waals surface area contributed by atoms with Gasteiger partial charge in [0.25, 0.3) is 0 Å². The third-order valence-electron chi connectivity index (χ3n) is 2.12. The van der Waals surface area contributed by atoms with Crippen LogP contribution in [0.5, 0.6) is 0 Å². The van der Waals surface area contributed by atoms with Gasteiger partial charge in [-0.15, -0.1) is 0 Å². The van der Waals surface area contributed by atoms with Crippen molar-refractivity contribution in [2.75, 3.05) is 0 Å². The van der Waals surface area contributed by atoms with E-state index in [0.717, 1.165) is 22.3 Å². The van der Waals surface area contributed by atoms with Gasteiger partial charge in [0.1, 0.15) is 0 Å². The molecule has 0 aromatic carbocycles. The quantitative estimate of drug-likeness (QED) is 0.601. The SMILES string of the molecule is c1cnc2n[nH]c(-c3cn[nH]c3)c2c1. The van der Waals surface area contributed by atoms with E-state index in [1.165, 1.54) is 0 Å². The second-order valence-electron chi connectivity index (χ2n) is 2.96. The van der Waals surface area contributed by atoms with Crippen LogP contribution in [-0.2, 0) is 0 Å². The molecule has 0 aliphatic carbocycles. The number of pyridine rings is 1. The van der Waals surface area contributed by atoms with Crippen molar-refractivity contribution in [3.8, 4) is 11.3 Å². The Bertz CT molecular complexity index is 551. The van der Waals surface area contributed by atoms with E-state index < -0.39 is 0 Å². The van der Waals surface area contributed by atoms with Crippen LogP contribution in [0.15, 0.2) is 30.7 Å². The molecule has 0 aliphatic rings. The first-order chi connectivity index (χ1) is 6.95. The first-order valence-corrected chi connectivity index (χ1v) is 4.23. The number of rotatable bonds is 1. The monoisotopic (exact) mass is 185 g/mol. The van der Waals surface area contributed by atoms with Crippen molar-refractivity contribution in [2.24, 2.45) is 0 Å². The van der Waals surface area contributed by atoms with Gasteiger partial charge in [0, 0.05) is 23.3 Å². The van der Waals surface area contributed by atoms with Crippen LogP contribution in [-0.4, -0.2) is 25.4 Å². The summed E-state index contributed by atoms with van der Waals surface area (Å²) in [5.41, 5.74) is 2.66. The van der Waals surface area contributed by atoms with Gasteiger partial charge in [-0.3, -0.25) is 10.2 Å². The smallest absolute Gasteiger partial charge is 0.181 e. The van der Waals surface area contributed by atoms with E-state index in [1.54, 1.807) is 12.4 Å². The highest BCUT2D eigenvalue weighted by molar-refractivity contribution is 5.90. The highest BCUT2D eigenvalue weighted by atomic mass is 15.2. The maximum atomic E-state index is 4.14. The standard InChI is InChI=1S/C9H7N5/c1-2-7-8(6-4-11-12-5-6)13-14-9(7)10-3-1/h1-5H,(H,11,12)(H,10,13,14). The topological polar surface area (TPSA) is 70.2 Å². The minimum Gasteiger partial charge on any atom is -0.285 e. The van der Waals surface area contributed by atoms with E-state index in [4.69, 9.17) is 0 Å². The number of nitrogens with zero attached hydrogens (tertiary/aromatic N) is 3. The maximum Gasteiger partial charge on any atom is 0.181 e. The Morgan fingerprint density at radius 2 is 2.29 bits per heavy atom. The van der Waals surface area contributed by atoms with E-state index >= 15 is 0 Å². The molecule has 3 aromatic heterocycles. The molecule has 5 nitrogen and oxygen atoms in total. The number of fused-ring (bicyclic) bond motifs is 1. The van der Waals surface area contributed by atoms with Crippen LogP contribution in [0.2, 0.25) is 0 Å². The molecule has 0 radical (unpaired) electrons. The minimum absolute atomic E-state index is 0.726. The molecule has 3 heterocycles. The number of nitrogens with one attached hydrogen (secondary N) is 2. The lowest BCUT2D eigenvalue weighted by Crippen LogP contribution is -1.74. The van der Waals surface area contributed by atoms with Crippen LogP contribution in [0, 0.1) is 0 Å². The normalized spacial score (nSPS) is 10.9. The van der Waals surface area contributed by atoms with Crippen molar-refractivity contribution in [2.45, 2.75) is 0 Å². The van der Waals surface area contributed by atoms with Crippen LogP contribution in [0.3, 0.4) is 0 Å². The summed E-state index contributed by atoms with van der Waals surface area (Å²) in [6.07, 6.45) is 5.29. The molecule has 5 heteroatoms. The van der Waals surface area contributed by atoms with Crippen molar-refractivity contribution in [3.63, 3.8) is 0 Å². The van der Waals surface area contributed by atoms with E-state index in [9.17, 15) is 0 Å². The molecular formula is C9H7N5. The molecule has 0 atom stereocenters. The second kappa shape index (κ2) is 2.66. The average Bonchev–Trinajstić information content (AvgIpc) is 2.85. The fourth-order valence-corrected chi connectivity index (χ4v) is 1.46. The fraction of sp³-hybridized carbons (Fsp3) is 0. The van der Waals surface area contributed by atoms with Gasteiger partial charge in [-0.25, -0.2) is 4.98 Å². The first-order valence-electron chi connectivity index (χ1n) is 4.23. The third-order valence-corrected chi connectivity index (χ3v) is 2.12. The molecule has 0 fully saturated rings. The Hall–Kier alpha value is -2.17. The molecule has 0 bridgehead atoms. The molecule has 3 rings (SSSR count). The molecule has 68 valence electrons. The number of H-pyrrole nitrogens is 2. The molecule has 2 N–H and O–H groups in total. The van der Waals surface area contributed by atoms with Crippen molar-refractivity contribution in [1.29, 1.82) is 0 Å². The molecule has 0 amide bonds. The lowest BCUT2D eigenvalue weighted by molar-refractivity contribution is 1.09. The molecule has 0 spiro atoms. The summed E-state index contributed by atoms with van der Waals surface area (Å²) in [5.74, 6) is 0. The Kier molecular flexibility index (Phi) is 1.38. The summed E-state index contributed by atoms with van der Waals surface area (Å²) >= 11 is 0. The molecular weight excluding hydrogens is 178 g/mol. The van der Waals surface area contributed by atoms with E-state index in [0.29, 0.717) is 0 Å². The zero-order valence-corrected chi connectivity index (χ0v) is 7.23. The molecule has 14 heavy (non-hydrogen) atoms. The van der Waals surface area contributed by atoms with Crippen LogP contribution in [0.1, 0.15) is 0 Å². The van der Waals surface area contributed by atoms with Gasteiger partial charge in [0.15, 0.2) is 5.65 Å². The Morgan fingerprint density at radius 3 is 3.14 bits per heavy atom. The third kappa shape index (κ3) is 0.922. The molecule has 0 saturated heterocycles. The highest BCUT2D eigenvalue weighted by Gasteiger charge is 2.07. The summed E-state index contributed by atoms with van der Waals surface area (Å²) in [7, 11) is 0. The van der Waals surface area contributed by atoms with Crippen molar-refractivity contribution in [3.05, 3.63) is 30.7 Å². The van der Waals surface area contributed by atoms with Gasteiger partial charge < -0.3 is 0 Å². The summed E-state index contributed by atoms with van der Waals surface area (Å²) in [5, 5.41) is 14.7. The van der Waals surface area contributed by atoms with E-state index in [-0.39, 0.29) is 0 Å². The van der Waals surface area contributed by atoms with Crippen LogP contribution < -0.4 is 0 Å². The number of hydrogen-bond donors (Lipinski definition) is 2. The number of hydrogen-bond acceptors (Lipinski definition) is 3. The summed E-state index contributed by atoms with van der Waals surface area (Å²) in [4.78, 5) is 4.14. The lowest BCUT2D eigenvalue weighted by Gasteiger charge is -1.90. The highest BCUT2D eigenvalue weighted by Crippen LogP contribution is 2.23. The number of aromatic nitrogens is 5. The van der Waals surface area contributed by atoms with Crippen LogP contribution >= 0.6 is 0 Å². The van der Waals surface area contributed by atoms with Gasteiger partial charge in [-0.1, -0.05) is 0 Å². The first kappa shape index (κ1) is 7.25. The van der Waals surface area contributed by atoms with Gasteiger partial charge >= 0.3 is 0 Å². The largest absolute Gasteiger partial charge is 0.285 e. The predicted octanol–water partition coefficient (Wildman–Crippen LogP) is 1.35. The minimum atomic E-state index is 0.726. The van der Waals surface area contributed by atoms with Crippen LogP contribution in [0.25, 0.3) is 22.3 Å². The summed E-state index contributed by atoms with van der Waals surface area (Å²) in [6.45, 7) is 0. The van der Waals surface area contributed by atoms with Gasteiger partial charge in [0.05, 0.1) is 11.9 Å². The molecule has 3 aromatic rings. The fourth-order valence-electron chi connectivity index (χ4n) is 1.46. The van der Waals surface area contributed by atoms with Gasteiger partial charge in [0.2, 0.25) is 0 Å². The van der Waals surface area contributed by atoms with Crippen LogP contribution in [0.4, 0.5) is 0 Å². The van der Waals surface area contributed by atoms with Crippen molar-refractivity contribution < 1.29 is 0 Å². The van der Waals surface area contributed by atoms with Gasteiger partial charge in [-0.2, -0.15) is 10.2 Å². The Labute approximate surface area is 79.2 Å². The Balaban J connectivity index is 2.33. The summed E-state index contributed by atoms with van der Waals surface area (Å²) < 4.78 is 0. The second-order valence-corrected chi connectivity index (χ2v) is 2.96. The average molecular weight is 185 g/mol.